The Morgan fingerprint density at radius 3 is 2.79 bits per heavy atom. The van der Waals surface area contributed by atoms with Crippen molar-refractivity contribution in [2.75, 3.05) is 11.9 Å². The highest BCUT2D eigenvalue weighted by molar-refractivity contribution is 5.61. The number of nitrogens with one attached hydrogen (secondary N) is 1. The Bertz CT molecular complexity index is 628. The van der Waals surface area contributed by atoms with E-state index in [1.807, 2.05) is 25.1 Å². The van der Waals surface area contributed by atoms with E-state index in [0.717, 1.165) is 23.1 Å². The van der Waals surface area contributed by atoms with Gasteiger partial charge in [0.05, 0.1) is 12.2 Å². The number of aryl methyl sites for hydroxylation is 1. The molecule has 1 heterocycles. The second-order valence-electron chi connectivity index (χ2n) is 4.61. The van der Waals surface area contributed by atoms with Crippen LogP contribution < -0.4 is 10.1 Å². The van der Waals surface area contributed by atoms with Crippen molar-refractivity contribution in [3.8, 4) is 5.75 Å². The van der Waals surface area contributed by atoms with Crippen LogP contribution in [0.25, 0.3) is 0 Å². The van der Waals surface area contributed by atoms with Gasteiger partial charge in [0.1, 0.15) is 11.9 Å². The molecule has 0 saturated heterocycles. The summed E-state index contributed by atoms with van der Waals surface area (Å²) in [6.07, 6.45) is -0.316. The van der Waals surface area contributed by atoms with Crippen LogP contribution in [0.15, 0.2) is 36.4 Å². The maximum atomic E-state index is 13.3. The van der Waals surface area contributed by atoms with Gasteiger partial charge in [-0.25, -0.2) is 8.78 Å². The molecule has 2 aromatic rings. The Morgan fingerprint density at radius 2 is 2.00 bits per heavy atom. The molecule has 0 saturated carbocycles. The number of halogens is 2. The molecule has 19 heavy (non-hydrogen) atoms. The molecule has 1 N–H and O–H groups in total. The van der Waals surface area contributed by atoms with Gasteiger partial charge >= 0.3 is 0 Å². The first-order valence-electron chi connectivity index (χ1n) is 6.10. The molecule has 3 rings (SSSR count). The second kappa shape index (κ2) is 4.53. The third-order valence-electron chi connectivity index (χ3n) is 3.27. The van der Waals surface area contributed by atoms with Gasteiger partial charge in [0.2, 0.25) is 0 Å². The van der Waals surface area contributed by atoms with Gasteiger partial charge in [-0.05, 0) is 36.2 Å². The van der Waals surface area contributed by atoms with Crippen molar-refractivity contribution in [2.24, 2.45) is 0 Å². The summed E-state index contributed by atoms with van der Waals surface area (Å²) in [5.74, 6) is -0.927. The zero-order valence-corrected chi connectivity index (χ0v) is 10.4. The number of rotatable bonds is 1. The van der Waals surface area contributed by atoms with Gasteiger partial charge in [0.15, 0.2) is 11.6 Å². The van der Waals surface area contributed by atoms with Gasteiger partial charge < -0.3 is 10.1 Å². The smallest absolute Gasteiger partial charge is 0.159 e. The minimum absolute atomic E-state index is 0.316. The van der Waals surface area contributed by atoms with Crippen LogP contribution in [0.4, 0.5) is 14.5 Å². The third kappa shape index (κ3) is 2.14. The van der Waals surface area contributed by atoms with E-state index >= 15 is 0 Å². The van der Waals surface area contributed by atoms with E-state index < -0.39 is 11.6 Å². The molecule has 0 spiro atoms. The van der Waals surface area contributed by atoms with Gasteiger partial charge in [-0.3, -0.25) is 0 Å². The summed E-state index contributed by atoms with van der Waals surface area (Å²) < 4.78 is 32.1. The summed E-state index contributed by atoms with van der Waals surface area (Å²) >= 11 is 0. The predicted molar refractivity (Wildman–Crippen MR) is 69.4 cm³/mol. The van der Waals surface area contributed by atoms with Gasteiger partial charge in [-0.15, -0.1) is 0 Å². The van der Waals surface area contributed by atoms with E-state index in [0.29, 0.717) is 12.1 Å². The van der Waals surface area contributed by atoms with Crippen molar-refractivity contribution in [1.82, 2.24) is 0 Å². The van der Waals surface area contributed by atoms with E-state index in [1.165, 1.54) is 6.07 Å². The highest BCUT2D eigenvalue weighted by Crippen LogP contribution is 2.36. The number of anilines is 1. The largest absolute Gasteiger partial charge is 0.481 e. The maximum Gasteiger partial charge on any atom is 0.159 e. The van der Waals surface area contributed by atoms with Crippen LogP contribution in [0.2, 0.25) is 0 Å². The first-order valence-corrected chi connectivity index (χ1v) is 6.10. The number of fused-ring (bicyclic) bond motifs is 1. The number of benzene rings is 2. The van der Waals surface area contributed by atoms with Crippen molar-refractivity contribution in [2.45, 2.75) is 13.0 Å². The summed E-state index contributed by atoms with van der Waals surface area (Å²) in [4.78, 5) is 0. The minimum Gasteiger partial charge on any atom is -0.481 e. The summed E-state index contributed by atoms with van der Waals surface area (Å²) in [6.45, 7) is 2.48. The van der Waals surface area contributed by atoms with Crippen molar-refractivity contribution < 1.29 is 13.5 Å². The van der Waals surface area contributed by atoms with Crippen LogP contribution in [0, 0.1) is 18.6 Å². The average Bonchev–Trinajstić information content (AvgIpc) is 2.42. The molecule has 4 heteroatoms. The topological polar surface area (TPSA) is 21.3 Å². The second-order valence-corrected chi connectivity index (χ2v) is 4.61. The molecule has 0 aromatic heterocycles. The zero-order chi connectivity index (χ0) is 13.4. The quantitative estimate of drug-likeness (QED) is 0.842. The lowest BCUT2D eigenvalue weighted by Gasteiger charge is -2.28. The molecule has 2 aromatic carbocycles. The summed E-state index contributed by atoms with van der Waals surface area (Å²) in [7, 11) is 0. The lowest BCUT2D eigenvalue weighted by Crippen LogP contribution is -2.24. The Kier molecular flexibility index (Phi) is 2.85. The summed E-state index contributed by atoms with van der Waals surface area (Å²) in [5, 5.41) is 3.24. The van der Waals surface area contributed by atoms with Crippen molar-refractivity contribution >= 4 is 5.69 Å². The molecular weight excluding hydrogens is 248 g/mol. The monoisotopic (exact) mass is 261 g/mol. The maximum absolute atomic E-state index is 13.3. The molecule has 0 amide bonds. The molecule has 0 fully saturated rings. The first-order chi connectivity index (χ1) is 9.15. The molecule has 1 atom stereocenters. The average molecular weight is 261 g/mol. The molecule has 1 aliphatic rings. The number of hydrogen-bond acceptors (Lipinski definition) is 2. The molecule has 1 unspecified atom stereocenters. The highest BCUT2D eigenvalue weighted by atomic mass is 19.2. The molecule has 2 nitrogen and oxygen atoms in total. The number of para-hydroxylation sites is 1. The Balaban J connectivity index is 1.93. The lowest BCUT2D eigenvalue weighted by atomic mass is 10.1. The predicted octanol–water partition coefficient (Wildman–Crippen LogP) is 3.82. The van der Waals surface area contributed by atoms with Crippen LogP contribution in [0.3, 0.4) is 0 Å². The fraction of sp³-hybridized carbons (Fsp3) is 0.200. The minimum atomic E-state index is -0.850. The van der Waals surface area contributed by atoms with Crippen molar-refractivity contribution in [3.63, 3.8) is 0 Å². The third-order valence-corrected chi connectivity index (χ3v) is 3.27. The zero-order valence-electron chi connectivity index (χ0n) is 10.4. The normalized spacial score (nSPS) is 17.3. The fourth-order valence-electron chi connectivity index (χ4n) is 2.23. The fourth-order valence-corrected chi connectivity index (χ4v) is 2.23. The lowest BCUT2D eigenvalue weighted by molar-refractivity contribution is 0.208. The molecule has 0 radical (unpaired) electrons. The Hall–Kier alpha value is -2.10. The van der Waals surface area contributed by atoms with Crippen LogP contribution in [0.1, 0.15) is 17.2 Å². The van der Waals surface area contributed by atoms with E-state index in [-0.39, 0.29) is 6.10 Å². The summed E-state index contributed by atoms with van der Waals surface area (Å²) in [5.41, 5.74) is 2.57. The highest BCUT2D eigenvalue weighted by Gasteiger charge is 2.22. The van der Waals surface area contributed by atoms with Gasteiger partial charge in [0.25, 0.3) is 0 Å². The van der Waals surface area contributed by atoms with Gasteiger partial charge in [-0.1, -0.05) is 18.2 Å². The van der Waals surface area contributed by atoms with E-state index in [1.54, 1.807) is 6.07 Å². The molecule has 0 bridgehead atoms. The molecule has 0 aliphatic carbocycles. The van der Waals surface area contributed by atoms with Gasteiger partial charge in [-0.2, -0.15) is 0 Å². The van der Waals surface area contributed by atoms with Crippen LogP contribution >= 0.6 is 0 Å². The van der Waals surface area contributed by atoms with Crippen LogP contribution in [0.5, 0.6) is 5.75 Å². The molecule has 1 aliphatic heterocycles. The molecular formula is C15H13F2NO. The van der Waals surface area contributed by atoms with E-state index in [4.69, 9.17) is 4.74 Å². The van der Waals surface area contributed by atoms with Crippen LogP contribution in [-0.4, -0.2) is 6.54 Å². The molecule has 98 valence electrons. The van der Waals surface area contributed by atoms with Crippen molar-refractivity contribution in [1.29, 1.82) is 0 Å². The Labute approximate surface area is 110 Å². The van der Waals surface area contributed by atoms with Crippen LogP contribution in [-0.2, 0) is 0 Å². The van der Waals surface area contributed by atoms with E-state index in [9.17, 15) is 8.78 Å². The standard InChI is InChI=1S/C15H13F2NO/c1-9-3-2-4-13-15(9)19-14(8-18-13)10-5-6-11(16)12(17)7-10/h2-7,14,18H,8H2,1H3. The number of ether oxygens (including phenoxy) is 1. The van der Waals surface area contributed by atoms with Gasteiger partial charge in [0, 0.05) is 0 Å². The first kappa shape index (κ1) is 12.0. The Morgan fingerprint density at radius 1 is 1.16 bits per heavy atom. The van der Waals surface area contributed by atoms with E-state index in [2.05, 4.69) is 5.32 Å². The SMILES string of the molecule is Cc1cccc2c1OC(c1ccc(F)c(F)c1)CN2. The summed E-state index contributed by atoms with van der Waals surface area (Å²) in [6, 6.07) is 9.70. The van der Waals surface area contributed by atoms with Crippen molar-refractivity contribution in [3.05, 3.63) is 59.2 Å². The number of hydrogen-bond donors (Lipinski definition) is 1.